The van der Waals surface area contributed by atoms with E-state index >= 15 is 0 Å². The Balaban J connectivity index is 2.37. The van der Waals surface area contributed by atoms with Gasteiger partial charge < -0.3 is 5.11 Å². The number of unbranched alkanes of at least 4 members (excludes halogenated alkanes) is 3. The van der Waals surface area contributed by atoms with E-state index in [4.69, 9.17) is 0 Å². The zero-order valence-electron chi connectivity index (χ0n) is 10.0. The van der Waals surface area contributed by atoms with Gasteiger partial charge in [0.1, 0.15) is 5.75 Å². The lowest BCUT2D eigenvalue weighted by molar-refractivity contribution is 0.0952. The third kappa shape index (κ3) is 4.68. The van der Waals surface area contributed by atoms with Gasteiger partial charge in [-0.05, 0) is 25.0 Å². The number of amides is 1. The van der Waals surface area contributed by atoms with Gasteiger partial charge in [0.2, 0.25) is 0 Å². The number of carbonyl (C=O) groups excluding carboxylic acids is 1. The van der Waals surface area contributed by atoms with E-state index < -0.39 is 5.91 Å². The number of hydrogen-bond donors (Lipinski definition) is 2. The number of carbonyl (C=O) groups is 1. The predicted molar refractivity (Wildman–Crippen MR) is 68.2 cm³/mol. The molecule has 1 aromatic carbocycles. The smallest absolute Gasteiger partial charge is 0.275 e. The van der Waals surface area contributed by atoms with E-state index in [2.05, 4.69) is 17.5 Å². The van der Waals surface area contributed by atoms with Gasteiger partial charge >= 0.3 is 0 Å². The highest BCUT2D eigenvalue weighted by atomic mass is 16.3. The van der Waals surface area contributed by atoms with Crippen LogP contribution in [0.1, 0.15) is 43.0 Å². The zero-order valence-corrected chi connectivity index (χ0v) is 10.0. The van der Waals surface area contributed by atoms with Gasteiger partial charge in [-0.3, -0.25) is 4.79 Å². The van der Waals surface area contributed by atoms with Crippen LogP contribution in [0.5, 0.6) is 5.75 Å². The third-order valence-corrected chi connectivity index (χ3v) is 2.34. The van der Waals surface area contributed by atoms with Crippen LogP contribution in [0.15, 0.2) is 29.4 Å². The van der Waals surface area contributed by atoms with Crippen LogP contribution in [0.2, 0.25) is 0 Å². The largest absolute Gasteiger partial charge is 0.507 e. The van der Waals surface area contributed by atoms with Gasteiger partial charge in [0.15, 0.2) is 0 Å². The van der Waals surface area contributed by atoms with Gasteiger partial charge in [-0.2, -0.15) is 5.10 Å². The first kappa shape index (κ1) is 13.2. The van der Waals surface area contributed by atoms with Crippen molar-refractivity contribution in [2.24, 2.45) is 5.10 Å². The number of hydrogen-bond acceptors (Lipinski definition) is 3. The molecule has 2 N–H and O–H groups in total. The summed E-state index contributed by atoms with van der Waals surface area (Å²) in [4.78, 5) is 11.6. The summed E-state index contributed by atoms with van der Waals surface area (Å²) in [5, 5.41) is 13.3. The van der Waals surface area contributed by atoms with Crippen LogP contribution in [-0.4, -0.2) is 17.2 Å². The second-order valence-electron chi connectivity index (χ2n) is 3.77. The van der Waals surface area contributed by atoms with Crippen LogP contribution in [-0.2, 0) is 0 Å². The molecule has 0 heterocycles. The molecule has 17 heavy (non-hydrogen) atoms. The number of para-hydroxylation sites is 1. The second kappa shape index (κ2) is 7.44. The van der Waals surface area contributed by atoms with E-state index in [1.165, 1.54) is 12.5 Å². The number of benzene rings is 1. The Hall–Kier alpha value is -1.84. The third-order valence-electron chi connectivity index (χ3n) is 2.34. The average Bonchev–Trinajstić information content (AvgIpc) is 2.34. The van der Waals surface area contributed by atoms with Crippen LogP contribution >= 0.6 is 0 Å². The summed E-state index contributed by atoms with van der Waals surface area (Å²) in [5.41, 5.74) is 2.62. The number of phenols is 1. The van der Waals surface area contributed by atoms with Crippen molar-refractivity contribution in [1.82, 2.24) is 5.43 Å². The summed E-state index contributed by atoms with van der Waals surface area (Å²) in [6.45, 7) is 2.14. The summed E-state index contributed by atoms with van der Waals surface area (Å²) in [7, 11) is 0. The van der Waals surface area contributed by atoms with Gasteiger partial charge in [-0.1, -0.05) is 31.9 Å². The fourth-order valence-electron chi connectivity index (χ4n) is 1.38. The molecule has 0 aromatic heterocycles. The lowest BCUT2D eigenvalue weighted by atomic mass is 10.2. The van der Waals surface area contributed by atoms with E-state index in [-0.39, 0.29) is 11.3 Å². The van der Waals surface area contributed by atoms with Crippen molar-refractivity contribution >= 4 is 12.1 Å². The molecular weight excluding hydrogens is 216 g/mol. The van der Waals surface area contributed by atoms with Gasteiger partial charge in [0, 0.05) is 6.21 Å². The first-order valence-corrected chi connectivity index (χ1v) is 5.85. The van der Waals surface area contributed by atoms with Gasteiger partial charge in [0.05, 0.1) is 5.56 Å². The molecule has 0 aliphatic heterocycles. The fourth-order valence-corrected chi connectivity index (χ4v) is 1.38. The number of phenolic OH excluding ortho intramolecular Hbond substituents is 1. The Kier molecular flexibility index (Phi) is 5.79. The molecule has 1 amide bonds. The van der Waals surface area contributed by atoms with Gasteiger partial charge in [-0.25, -0.2) is 5.43 Å². The monoisotopic (exact) mass is 234 g/mol. The molecule has 0 aliphatic rings. The van der Waals surface area contributed by atoms with Crippen molar-refractivity contribution < 1.29 is 9.90 Å². The molecule has 0 saturated carbocycles. The molecule has 0 unspecified atom stereocenters. The number of nitrogens with zero attached hydrogens (tertiary/aromatic N) is 1. The minimum absolute atomic E-state index is 0.0359. The van der Waals surface area contributed by atoms with E-state index in [1.54, 1.807) is 24.4 Å². The molecule has 0 fully saturated rings. The number of nitrogens with one attached hydrogen (secondary N) is 1. The van der Waals surface area contributed by atoms with E-state index in [0.29, 0.717) is 0 Å². The van der Waals surface area contributed by atoms with Crippen LogP contribution in [0.25, 0.3) is 0 Å². The molecule has 1 rings (SSSR count). The van der Waals surface area contributed by atoms with Crippen LogP contribution in [0.3, 0.4) is 0 Å². The van der Waals surface area contributed by atoms with Gasteiger partial charge in [0.25, 0.3) is 5.91 Å². The minimum atomic E-state index is -0.394. The SMILES string of the molecule is CCCCCC=NNC(=O)c1ccccc1O. The van der Waals surface area contributed by atoms with E-state index in [9.17, 15) is 9.90 Å². The summed E-state index contributed by atoms with van der Waals surface area (Å²) in [5.74, 6) is -0.430. The molecule has 0 saturated heterocycles. The molecular formula is C13H18N2O2. The second-order valence-corrected chi connectivity index (χ2v) is 3.77. The highest BCUT2D eigenvalue weighted by Gasteiger charge is 2.08. The van der Waals surface area contributed by atoms with Crippen molar-refractivity contribution in [2.75, 3.05) is 0 Å². The maximum absolute atomic E-state index is 11.6. The lowest BCUT2D eigenvalue weighted by Crippen LogP contribution is -2.17. The minimum Gasteiger partial charge on any atom is -0.507 e. The summed E-state index contributed by atoms with van der Waals surface area (Å²) < 4.78 is 0. The highest BCUT2D eigenvalue weighted by molar-refractivity contribution is 5.96. The molecule has 1 aromatic rings. The quantitative estimate of drug-likeness (QED) is 0.451. The molecule has 4 nitrogen and oxygen atoms in total. The molecule has 0 atom stereocenters. The standard InChI is InChI=1S/C13H18N2O2/c1-2-3-4-7-10-14-15-13(17)11-8-5-6-9-12(11)16/h5-6,8-10,16H,2-4,7H2,1H3,(H,15,17). The Bertz CT molecular complexity index is 389. The number of aromatic hydroxyl groups is 1. The Morgan fingerprint density at radius 1 is 1.41 bits per heavy atom. The highest BCUT2D eigenvalue weighted by Crippen LogP contribution is 2.14. The van der Waals surface area contributed by atoms with Crippen molar-refractivity contribution in [3.63, 3.8) is 0 Å². The predicted octanol–water partition coefficient (Wildman–Crippen LogP) is 2.69. The van der Waals surface area contributed by atoms with Crippen LogP contribution in [0.4, 0.5) is 0 Å². The summed E-state index contributed by atoms with van der Waals surface area (Å²) in [6, 6.07) is 6.39. The number of hydrazone groups is 1. The van der Waals surface area contributed by atoms with Crippen molar-refractivity contribution in [3.05, 3.63) is 29.8 Å². The van der Waals surface area contributed by atoms with E-state index in [1.807, 2.05) is 0 Å². The molecule has 0 aliphatic carbocycles. The Morgan fingerprint density at radius 3 is 2.88 bits per heavy atom. The Morgan fingerprint density at radius 2 is 2.18 bits per heavy atom. The average molecular weight is 234 g/mol. The maximum Gasteiger partial charge on any atom is 0.275 e. The molecule has 0 spiro atoms. The topological polar surface area (TPSA) is 61.7 Å². The summed E-state index contributed by atoms with van der Waals surface area (Å²) >= 11 is 0. The van der Waals surface area contributed by atoms with Crippen LogP contribution in [0, 0.1) is 0 Å². The zero-order chi connectivity index (χ0) is 12.5. The Labute approximate surface area is 101 Å². The summed E-state index contributed by atoms with van der Waals surface area (Å²) in [6.07, 6.45) is 5.95. The first-order valence-electron chi connectivity index (χ1n) is 5.85. The lowest BCUT2D eigenvalue weighted by Gasteiger charge is -2.01. The fraction of sp³-hybridized carbons (Fsp3) is 0.385. The van der Waals surface area contributed by atoms with Crippen molar-refractivity contribution in [3.8, 4) is 5.75 Å². The molecule has 0 bridgehead atoms. The van der Waals surface area contributed by atoms with Gasteiger partial charge in [-0.15, -0.1) is 0 Å². The van der Waals surface area contributed by atoms with Crippen molar-refractivity contribution in [2.45, 2.75) is 32.6 Å². The van der Waals surface area contributed by atoms with E-state index in [0.717, 1.165) is 19.3 Å². The molecule has 0 radical (unpaired) electrons. The molecule has 4 heteroatoms. The van der Waals surface area contributed by atoms with Crippen molar-refractivity contribution in [1.29, 1.82) is 0 Å². The molecule has 92 valence electrons. The maximum atomic E-state index is 11.6. The number of rotatable bonds is 6. The first-order chi connectivity index (χ1) is 8.25. The van der Waals surface area contributed by atoms with Crippen LogP contribution < -0.4 is 5.43 Å². The normalized spacial score (nSPS) is 10.6.